The monoisotopic (exact) mass is 328 g/mol. The van der Waals surface area contributed by atoms with Crippen molar-refractivity contribution in [3.05, 3.63) is 30.0 Å². The van der Waals surface area contributed by atoms with Crippen molar-refractivity contribution in [3.63, 3.8) is 0 Å². The number of rotatable bonds is 2. The van der Waals surface area contributed by atoms with Gasteiger partial charge in [0.1, 0.15) is 0 Å². The predicted molar refractivity (Wildman–Crippen MR) is 96.4 cm³/mol. The van der Waals surface area contributed by atoms with Crippen LogP contribution in [0.15, 0.2) is 24.3 Å². The van der Waals surface area contributed by atoms with Gasteiger partial charge in [-0.15, -0.1) is 0 Å². The molecule has 0 radical (unpaired) electrons. The average Bonchev–Trinajstić information content (AvgIpc) is 3.09. The summed E-state index contributed by atoms with van der Waals surface area (Å²) in [7, 11) is 1.96. The molecule has 0 unspecified atom stereocenters. The number of hydrogen-bond acceptors (Lipinski definition) is 6. The Morgan fingerprint density at radius 3 is 2.43 bits per heavy atom. The van der Waals surface area contributed by atoms with Gasteiger partial charge in [-0.25, -0.2) is 4.98 Å². The van der Waals surface area contributed by atoms with E-state index in [1.165, 1.54) is 4.70 Å². The third-order valence-corrected chi connectivity index (χ3v) is 5.47. The molecule has 6 nitrogen and oxygen atoms in total. The molecule has 0 atom stereocenters. The molecule has 1 saturated heterocycles. The number of fused-ring (bicyclic) bond motifs is 1. The van der Waals surface area contributed by atoms with E-state index >= 15 is 0 Å². The van der Waals surface area contributed by atoms with Crippen molar-refractivity contribution in [2.75, 3.05) is 41.7 Å². The lowest BCUT2D eigenvalue weighted by molar-refractivity contribution is 0.624. The van der Waals surface area contributed by atoms with Gasteiger partial charge in [0.05, 0.1) is 21.6 Å². The number of anilines is 3. The third-order valence-electron chi connectivity index (χ3n) is 4.37. The van der Waals surface area contributed by atoms with Crippen LogP contribution in [0.3, 0.4) is 0 Å². The van der Waals surface area contributed by atoms with Crippen molar-refractivity contribution in [2.24, 2.45) is 7.05 Å². The Bertz CT molecular complexity index is 810. The summed E-state index contributed by atoms with van der Waals surface area (Å²) in [6.07, 6.45) is 0. The molecule has 0 saturated carbocycles. The van der Waals surface area contributed by atoms with Crippen molar-refractivity contribution in [1.82, 2.24) is 14.8 Å². The van der Waals surface area contributed by atoms with E-state index in [-0.39, 0.29) is 0 Å². The van der Waals surface area contributed by atoms with Gasteiger partial charge < -0.3 is 15.5 Å². The van der Waals surface area contributed by atoms with E-state index in [2.05, 4.69) is 33.1 Å². The number of thiazole rings is 1. The van der Waals surface area contributed by atoms with Crippen molar-refractivity contribution in [1.29, 1.82) is 0 Å². The maximum Gasteiger partial charge on any atom is 0.186 e. The lowest BCUT2D eigenvalue weighted by atomic mass is 10.3. The van der Waals surface area contributed by atoms with Gasteiger partial charge in [0.15, 0.2) is 10.9 Å². The smallest absolute Gasteiger partial charge is 0.186 e. The van der Waals surface area contributed by atoms with Crippen molar-refractivity contribution in [3.8, 4) is 0 Å². The van der Waals surface area contributed by atoms with Gasteiger partial charge in [-0.1, -0.05) is 23.5 Å². The third kappa shape index (κ3) is 2.41. The minimum absolute atomic E-state index is 0.793. The number of nitrogen functional groups attached to an aromatic ring is 1. The molecule has 3 heterocycles. The standard InChI is InChI=1S/C16H20N6S/c1-11-14(17)15(20(2)19-11)21-7-9-22(10-8-21)16-18-12-5-3-4-6-13(12)23-16/h3-6H,7-10,17H2,1-2H3. The molecule has 0 amide bonds. The van der Waals surface area contributed by atoms with Crippen LogP contribution in [-0.4, -0.2) is 40.9 Å². The Morgan fingerprint density at radius 2 is 1.78 bits per heavy atom. The van der Waals surface area contributed by atoms with Crippen LogP contribution in [0.4, 0.5) is 16.6 Å². The van der Waals surface area contributed by atoms with Crippen molar-refractivity contribution < 1.29 is 0 Å². The van der Waals surface area contributed by atoms with Crippen LogP contribution < -0.4 is 15.5 Å². The van der Waals surface area contributed by atoms with Crippen molar-refractivity contribution >= 4 is 38.2 Å². The number of hydrogen-bond donors (Lipinski definition) is 1. The number of para-hydroxylation sites is 1. The van der Waals surface area contributed by atoms with Gasteiger partial charge in [0.2, 0.25) is 0 Å². The van der Waals surface area contributed by atoms with Gasteiger partial charge in [0, 0.05) is 33.2 Å². The Labute approximate surface area is 139 Å². The van der Waals surface area contributed by atoms with Crippen LogP contribution in [0.25, 0.3) is 10.2 Å². The lowest BCUT2D eigenvalue weighted by Gasteiger charge is -2.35. The number of nitrogens with zero attached hydrogens (tertiary/aromatic N) is 5. The van der Waals surface area contributed by atoms with E-state index in [0.717, 1.165) is 54.0 Å². The summed E-state index contributed by atoms with van der Waals surface area (Å²) in [6.45, 7) is 5.71. The summed E-state index contributed by atoms with van der Waals surface area (Å²) < 4.78 is 3.13. The Morgan fingerprint density at radius 1 is 1.09 bits per heavy atom. The molecule has 0 spiro atoms. The predicted octanol–water partition coefficient (Wildman–Crippen LogP) is 2.25. The second kappa shape index (κ2) is 5.42. The normalized spacial score (nSPS) is 15.6. The van der Waals surface area contributed by atoms with E-state index in [1.54, 1.807) is 11.3 Å². The summed E-state index contributed by atoms with van der Waals surface area (Å²) >= 11 is 1.77. The van der Waals surface area contributed by atoms with E-state index < -0.39 is 0 Å². The molecule has 1 aliphatic rings. The molecule has 2 N–H and O–H groups in total. The van der Waals surface area contributed by atoms with Crippen LogP contribution >= 0.6 is 11.3 Å². The first kappa shape index (κ1) is 14.3. The zero-order valence-electron chi connectivity index (χ0n) is 13.4. The fourth-order valence-electron chi connectivity index (χ4n) is 3.14. The summed E-state index contributed by atoms with van der Waals surface area (Å²) in [4.78, 5) is 9.44. The fourth-order valence-corrected chi connectivity index (χ4v) is 4.16. The lowest BCUT2D eigenvalue weighted by Crippen LogP contribution is -2.47. The summed E-state index contributed by atoms with van der Waals surface area (Å²) in [6, 6.07) is 8.31. The van der Waals surface area contributed by atoms with Gasteiger partial charge in [-0.2, -0.15) is 5.10 Å². The van der Waals surface area contributed by atoms with Crippen LogP contribution in [0.1, 0.15) is 5.69 Å². The topological polar surface area (TPSA) is 63.2 Å². The molecule has 2 aromatic heterocycles. The molecule has 0 aliphatic carbocycles. The number of nitrogens with two attached hydrogens (primary N) is 1. The Balaban J connectivity index is 1.52. The minimum Gasteiger partial charge on any atom is -0.394 e. The summed E-state index contributed by atoms with van der Waals surface area (Å²) in [5, 5.41) is 5.53. The van der Waals surface area contributed by atoms with E-state index in [1.807, 2.05) is 24.7 Å². The molecule has 0 bridgehead atoms. The molecule has 4 rings (SSSR count). The highest BCUT2D eigenvalue weighted by molar-refractivity contribution is 7.22. The average molecular weight is 328 g/mol. The highest BCUT2D eigenvalue weighted by atomic mass is 32.1. The maximum atomic E-state index is 6.18. The highest BCUT2D eigenvalue weighted by Crippen LogP contribution is 2.31. The van der Waals surface area contributed by atoms with Crippen LogP contribution in [0.5, 0.6) is 0 Å². The maximum absolute atomic E-state index is 6.18. The fraction of sp³-hybridized carbons (Fsp3) is 0.375. The first-order valence-electron chi connectivity index (χ1n) is 7.78. The molecule has 1 aliphatic heterocycles. The molecular formula is C16H20N6S. The quantitative estimate of drug-likeness (QED) is 0.782. The molecular weight excluding hydrogens is 308 g/mol. The second-order valence-electron chi connectivity index (χ2n) is 5.88. The SMILES string of the molecule is Cc1nn(C)c(N2CCN(c3nc4ccccc4s3)CC2)c1N. The highest BCUT2D eigenvalue weighted by Gasteiger charge is 2.24. The number of aryl methyl sites for hydroxylation is 2. The van der Waals surface area contributed by atoms with E-state index in [0.29, 0.717) is 0 Å². The Kier molecular flexibility index (Phi) is 3.37. The molecule has 120 valence electrons. The van der Waals surface area contributed by atoms with E-state index in [4.69, 9.17) is 10.7 Å². The van der Waals surface area contributed by atoms with E-state index in [9.17, 15) is 0 Å². The number of benzene rings is 1. The largest absolute Gasteiger partial charge is 0.394 e. The summed E-state index contributed by atoms with van der Waals surface area (Å²) in [5.74, 6) is 1.03. The molecule has 3 aromatic rings. The van der Waals surface area contributed by atoms with Crippen LogP contribution in [0.2, 0.25) is 0 Å². The number of piperazine rings is 1. The molecule has 7 heteroatoms. The minimum atomic E-state index is 0.793. The first-order chi connectivity index (χ1) is 11.1. The van der Waals surface area contributed by atoms with Crippen LogP contribution in [0, 0.1) is 6.92 Å². The summed E-state index contributed by atoms with van der Waals surface area (Å²) in [5.41, 5.74) is 8.96. The zero-order valence-corrected chi connectivity index (χ0v) is 14.2. The first-order valence-corrected chi connectivity index (χ1v) is 8.59. The zero-order chi connectivity index (χ0) is 16.0. The second-order valence-corrected chi connectivity index (χ2v) is 6.89. The van der Waals surface area contributed by atoms with Gasteiger partial charge in [-0.05, 0) is 19.1 Å². The Hall–Kier alpha value is -2.28. The molecule has 1 fully saturated rings. The molecule has 23 heavy (non-hydrogen) atoms. The van der Waals surface area contributed by atoms with Gasteiger partial charge in [-0.3, -0.25) is 4.68 Å². The van der Waals surface area contributed by atoms with Gasteiger partial charge in [0.25, 0.3) is 0 Å². The van der Waals surface area contributed by atoms with Crippen LogP contribution in [-0.2, 0) is 7.05 Å². The number of aromatic nitrogens is 3. The van der Waals surface area contributed by atoms with Gasteiger partial charge >= 0.3 is 0 Å². The van der Waals surface area contributed by atoms with Crippen molar-refractivity contribution in [2.45, 2.75) is 6.92 Å². The molecule has 1 aromatic carbocycles.